The first-order valence-electron chi connectivity index (χ1n) is 12.5. The molecular formula is C29H28N6OS. The molecule has 0 radical (unpaired) electrons. The minimum atomic E-state index is 0.532. The number of nitrogens with one attached hydrogen (secondary N) is 3. The molecule has 1 aliphatic heterocycles. The lowest BCUT2D eigenvalue weighted by Crippen LogP contribution is -2.40. The van der Waals surface area contributed by atoms with Crippen molar-refractivity contribution in [1.29, 1.82) is 5.26 Å². The van der Waals surface area contributed by atoms with Gasteiger partial charge in [-0.3, -0.25) is 4.90 Å². The van der Waals surface area contributed by atoms with Crippen molar-refractivity contribution in [3.05, 3.63) is 78.1 Å². The summed E-state index contributed by atoms with van der Waals surface area (Å²) >= 11 is 1.65. The molecule has 7 nitrogen and oxygen atoms in total. The Morgan fingerprint density at radius 1 is 1.11 bits per heavy atom. The lowest BCUT2D eigenvalue weighted by atomic mass is 10.1. The second-order valence-electron chi connectivity index (χ2n) is 9.22. The van der Waals surface area contributed by atoms with Crippen LogP contribution in [0.4, 0.5) is 11.4 Å². The molecule has 1 saturated heterocycles. The molecule has 3 N–H and O–H groups in total. The molecule has 0 amide bonds. The van der Waals surface area contributed by atoms with Crippen LogP contribution < -0.4 is 10.6 Å². The third-order valence-corrected chi connectivity index (χ3v) is 7.85. The number of aromatic amines is 1. The standard InChI is InChI=1S/C29H28N6OS/c30-17-23-19-33-29-25(28(23)34-24-4-5-26-21(15-24)6-7-32-26)16-27(37-29)22-3-1-2-20(14-22)18-31-8-9-35-10-12-36-13-11-35/h1-7,14-16,19,31-32H,8-13,18H2,(H,33,34). The maximum absolute atomic E-state index is 9.79. The van der Waals surface area contributed by atoms with Crippen LogP contribution >= 0.6 is 11.3 Å². The molecule has 8 heteroatoms. The van der Waals surface area contributed by atoms with Crippen molar-refractivity contribution in [1.82, 2.24) is 20.2 Å². The first-order valence-corrected chi connectivity index (χ1v) is 13.4. The van der Waals surface area contributed by atoms with E-state index in [1.165, 1.54) is 5.56 Å². The van der Waals surface area contributed by atoms with Crippen LogP contribution in [0.1, 0.15) is 11.1 Å². The van der Waals surface area contributed by atoms with E-state index >= 15 is 0 Å². The number of benzene rings is 2. The minimum Gasteiger partial charge on any atom is -0.379 e. The first-order chi connectivity index (χ1) is 18.3. The number of pyridine rings is 1. The highest BCUT2D eigenvalue weighted by Crippen LogP contribution is 2.38. The molecule has 5 aromatic rings. The number of rotatable bonds is 8. The van der Waals surface area contributed by atoms with E-state index in [0.29, 0.717) is 5.56 Å². The van der Waals surface area contributed by atoms with Crippen molar-refractivity contribution >= 4 is 43.8 Å². The van der Waals surface area contributed by atoms with Crippen LogP contribution in [0.25, 0.3) is 31.6 Å². The minimum absolute atomic E-state index is 0.532. The molecule has 0 saturated carbocycles. The number of morpholine rings is 1. The number of H-pyrrole nitrogens is 1. The van der Waals surface area contributed by atoms with Crippen LogP contribution in [0.5, 0.6) is 0 Å². The molecule has 2 aromatic carbocycles. The predicted molar refractivity (Wildman–Crippen MR) is 150 cm³/mol. The van der Waals surface area contributed by atoms with Crippen molar-refractivity contribution in [2.24, 2.45) is 0 Å². The fraction of sp³-hybridized carbons (Fsp3) is 0.241. The van der Waals surface area contributed by atoms with Crippen molar-refractivity contribution in [3.8, 4) is 16.5 Å². The Morgan fingerprint density at radius 2 is 2.03 bits per heavy atom. The summed E-state index contributed by atoms with van der Waals surface area (Å²) in [4.78, 5) is 12.3. The SMILES string of the molecule is N#Cc1cnc2sc(-c3cccc(CNCCN4CCOCC4)c3)cc2c1Nc1ccc2[nH]ccc2c1. The number of hydrogen-bond donors (Lipinski definition) is 3. The third-order valence-electron chi connectivity index (χ3n) is 6.75. The number of anilines is 2. The normalized spacial score (nSPS) is 14.2. The van der Waals surface area contributed by atoms with Gasteiger partial charge < -0.3 is 20.4 Å². The molecule has 0 atom stereocenters. The topological polar surface area (TPSA) is 89.0 Å². The second-order valence-corrected chi connectivity index (χ2v) is 10.3. The predicted octanol–water partition coefficient (Wildman–Crippen LogP) is 5.48. The summed E-state index contributed by atoms with van der Waals surface area (Å²) in [6, 6.07) is 21.3. The molecule has 37 heavy (non-hydrogen) atoms. The molecule has 0 bridgehead atoms. The summed E-state index contributed by atoms with van der Waals surface area (Å²) < 4.78 is 5.43. The van der Waals surface area contributed by atoms with Crippen molar-refractivity contribution < 1.29 is 4.74 Å². The number of thiophene rings is 1. The number of ether oxygens (including phenoxy) is 1. The van der Waals surface area contributed by atoms with Crippen molar-refractivity contribution in [3.63, 3.8) is 0 Å². The van der Waals surface area contributed by atoms with Crippen molar-refractivity contribution in [2.75, 3.05) is 44.7 Å². The largest absolute Gasteiger partial charge is 0.379 e. The molecule has 0 aliphatic carbocycles. The van der Waals surface area contributed by atoms with Crippen LogP contribution in [-0.2, 0) is 11.3 Å². The Hall–Kier alpha value is -3.74. The van der Waals surface area contributed by atoms with Gasteiger partial charge in [-0.15, -0.1) is 11.3 Å². The van der Waals surface area contributed by atoms with Crippen LogP contribution in [-0.4, -0.2) is 54.3 Å². The number of aromatic nitrogens is 2. The maximum atomic E-state index is 9.79. The summed E-state index contributed by atoms with van der Waals surface area (Å²) in [5, 5.41) is 18.9. The smallest absolute Gasteiger partial charge is 0.126 e. The van der Waals surface area contributed by atoms with Crippen LogP contribution in [0.2, 0.25) is 0 Å². The number of hydrogen-bond acceptors (Lipinski definition) is 7. The molecule has 1 fully saturated rings. The highest BCUT2D eigenvalue weighted by molar-refractivity contribution is 7.22. The average Bonchev–Trinajstić information content (AvgIpc) is 3.59. The van der Waals surface area contributed by atoms with E-state index < -0.39 is 0 Å². The van der Waals surface area contributed by atoms with Gasteiger partial charge >= 0.3 is 0 Å². The second kappa shape index (κ2) is 10.7. The molecule has 0 unspecified atom stereocenters. The zero-order valence-electron chi connectivity index (χ0n) is 20.5. The summed E-state index contributed by atoms with van der Waals surface area (Å²) in [5.74, 6) is 0. The van der Waals surface area contributed by atoms with Gasteiger partial charge in [0.05, 0.1) is 24.5 Å². The number of nitriles is 1. The summed E-state index contributed by atoms with van der Waals surface area (Å²) in [7, 11) is 0. The van der Waals surface area contributed by atoms with Gasteiger partial charge in [0.15, 0.2) is 0 Å². The lowest BCUT2D eigenvalue weighted by Gasteiger charge is -2.26. The Balaban J connectivity index is 1.22. The van der Waals surface area contributed by atoms with E-state index in [1.807, 2.05) is 24.4 Å². The maximum Gasteiger partial charge on any atom is 0.126 e. The van der Waals surface area contributed by atoms with Gasteiger partial charge in [0, 0.05) is 72.0 Å². The van der Waals surface area contributed by atoms with E-state index in [0.717, 1.165) is 88.9 Å². The molecular weight excluding hydrogens is 480 g/mol. The molecule has 186 valence electrons. The van der Waals surface area contributed by atoms with Crippen LogP contribution in [0, 0.1) is 11.3 Å². The lowest BCUT2D eigenvalue weighted by molar-refractivity contribution is 0.0384. The Kier molecular flexibility index (Phi) is 6.84. The molecule has 0 spiro atoms. The van der Waals surface area contributed by atoms with Crippen LogP contribution in [0.15, 0.2) is 67.0 Å². The quantitative estimate of drug-likeness (QED) is 0.241. The summed E-state index contributed by atoms with van der Waals surface area (Å²) in [5.41, 5.74) is 5.76. The molecule has 6 rings (SSSR count). The highest BCUT2D eigenvalue weighted by atomic mass is 32.1. The Bertz CT molecular complexity index is 1580. The van der Waals surface area contributed by atoms with E-state index in [-0.39, 0.29) is 0 Å². The van der Waals surface area contributed by atoms with Gasteiger partial charge in [-0.2, -0.15) is 5.26 Å². The van der Waals surface area contributed by atoms with Gasteiger partial charge in [-0.1, -0.05) is 18.2 Å². The molecule has 4 heterocycles. The van der Waals surface area contributed by atoms with E-state index in [2.05, 4.69) is 68.0 Å². The zero-order chi connectivity index (χ0) is 25.0. The van der Waals surface area contributed by atoms with Gasteiger partial charge in [-0.25, -0.2) is 4.98 Å². The average molecular weight is 509 g/mol. The Morgan fingerprint density at radius 3 is 2.92 bits per heavy atom. The van der Waals surface area contributed by atoms with Gasteiger partial charge in [-0.05, 0) is 47.5 Å². The number of fused-ring (bicyclic) bond motifs is 2. The molecule has 3 aromatic heterocycles. The van der Waals surface area contributed by atoms with Crippen LogP contribution in [0.3, 0.4) is 0 Å². The first kappa shape index (κ1) is 23.6. The third kappa shape index (κ3) is 5.22. The fourth-order valence-corrected chi connectivity index (χ4v) is 5.76. The Labute approximate surface area is 219 Å². The van der Waals surface area contributed by atoms with E-state index in [9.17, 15) is 5.26 Å². The fourth-order valence-electron chi connectivity index (χ4n) is 4.76. The van der Waals surface area contributed by atoms with E-state index in [1.54, 1.807) is 17.5 Å². The highest BCUT2D eigenvalue weighted by Gasteiger charge is 2.15. The van der Waals surface area contributed by atoms with Gasteiger partial charge in [0.25, 0.3) is 0 Å². The zero-order valence-corrected chi connectivity index (χ0v) is 21.3. The van der Waals surface area contributed by atoms with Crippen molar-refractivity contribution in [2.45, 2.75) is 6.54 Å². The van der Waals surface area contributed by atoms with E-state index in [4.69, 9.17) is 4.74 Å². The summed E-state index contributed by atoms with van der Waals surface area (Å²) in [6.45, 7) is 6.53. The number of nitrogens with zero attached hydrogens (tertiary/aromatic N) is 3. The van der Waals surface area contributed by atoms with Gasteiger partial charge in [0.2, 0.25) is 0 Å². The summed E-state index contributed by atoms with van der Waals surface area (Å²) in [6.07, 6.45) is 3.59. The molecule has 1 aliphatic rings. The van der Waals surface area contributed by atoms with Gasteiger partial charge in [0.1, 0.15) is 10.9 Å². The monoisotopic (exact) mass is 508 g/mol.